The van der Waals surface area contributed by atoms with Gasteiger partial charge in [-0.25, -0.2) is 4.39 Å². The molecule has 0 radical (unpaired) electrons. The molecule has 0 spiro atoms. The molecule has 26 heavy (non-hydrogen) atoms. The summed E-state index contributed by atoms with van der Waals surface area (Å²) in [6, 6.07) is 22.8. The molecule has 0 saturated heterocycles. The highest BCUT2D eigenvalue weighted by Crippen LogP contribution is 2.22. The third-order valence-corrected chi connectivity index (χ3v) is 3.62. The third-order valence-electron chi connectivity index (χ3n) is 3.62. The van der Waals surface area contributed by atoms with Crippen molar-refractivity contribution in [3.05, 3.63) is 84.7 Å². The van der Waals surface area contributed by atoms with Gasteiger partial charge in [0.25, 0.3) is 0 Å². The largest absolute Gasteiger partial charge is 0.457 e. The lowest BCUT2D eigenvalue weighted by atomic mass is 10.2. The Labute approximate surface area is 151 Å². The molecule has 0 aliphatic heterocycles. The van der Waals surface area contributed by atoms with Crippen LogP contribution in [0.25, 0.3) is 0 Å². The Hall–Kier alpha value is -3.34. The molecule has 3 aromatic rings. The van der Waals surface area contributed by atoms with Gasteiger partial charge in [0, 0.05) is 24.3 Å². The maximum atomic E-state index is 13.1. The van der Waals surface area contributed by atoms with Crippen LogP contribution in [0.5, 0.6) is 11.5 Å². The number of benzene rings is 3. The van der Waals surface area contributed by atoms with E-state index in [1.165, 1.54) is 12.1 Å². The van der Waals surface area contributed by atoms with E-state index in [-0.39, 0.29) is 18.1 Å². The van der Waals surface area contributed by atoms with Crippen molar-refractivity contribution in [2.75, 3.05) is 17.2 Å². The summed E-state index contributed by atoms with van der Waals surface area (Å²) in [7, 11) is 0. The molecule has 3 rings (SSSR count). The van der Waals surface area contributed by atoms with Crippen LogP contribution in [0.3, 0.4) is 0 Å². The SMILES string of the molecule is O=C(CCNc1cccc(F)c1)Nc1ccc(Oc2ccccc2)cc1. The van der Waals surface area contributed by atoms with E-state index in [4.69, 9.17) is 4.74 Å². The second-order valence-electron chi connectivity index (χ2n) is 5.67. The van der Waals surface area contributed by atoms with Crippen molar-refractivity contribution in [1.29, 1.82) is 0 Å². The van der Waals surface area contributed by atoms with Crippen molar-refractivity contribution in [2.24, 2.45) is 0 Å². The normalized spacial score (nSPS) is 10.2. The molecule has 0 fully saturated rings. The van der Waals surface area contributed by atoms with Crippen LogP contribution in [-0.4, -0.2) is 12.5 Å². The maximum absolute atomic E-state index is 13.1. The highest BCUT2D eigenvalue weighted by molar-refractivity contribution is 5.91. The Balaban J connectivity index is 1.45. The quantitative estimate of drug-likeness (QED) is 0.626. The lowest BCUT2D eigenvalue weighted by molar-refractivity contribution is -0.115. The lowest BCUT2D eigenvalue weighted by Gasteiger charge is -2.09. The first-order valence-electron chi connectivity index (χ1n) is 8.31. The van der Waals surface area contributed by atoms with Gasteiger partial charge in [0.05, 0.1) is 0 Å². The van der Waals surface area contributed by atoms with E-state index in [0.717, 1.165) is 5.75 Å². The number of carbonyl (C=O) groups is 1. The molecule has 0 heterocycles. The first kappa shape index (κ1) is 17.5. The van der Waals surface area contributed by atoms with Gasteiger partial charge in [0.2, 0.25) is 5.91 Å². The monoisotopic (exact) mass is 350 g/mol. The molecule has 0 unspecified atom stereocenters. The van der Waals surface area contributed by atoms with Crippen molar-refractivity contribution in [3.63, 3.8) is 0 Å². The van der Waals surface area contributed by atoms with Crippen LogP contribution < -0.4 is 15.4 Å². The van der Waals surface area contributed by atoms with E-state index in [9.17, 15) is 9.18 Å². The summed E-state index contributed by atoms with van der Waals surface area (Å²) in [6.45, 7) is 0.421. The maximum Gasteiger partial charge on any atom is 0.226 e. The van der Waals surface area contributed by atoms with Gasteiger partial charge in [-0.05, 0) is 54.6 Å². The van der Waals surface area contributed by atoms with Crippen LogP contribution in [0.15, 0.2) is 78.9 Å². The number of nitrogens with one attached hydrogen (secondary N) is 2. The number of hydrogen-bond donors (Lipinski definition) is 2. The summed E-state index contributed by atoms with van der Waals surface area (Å²) < 4.78 is 18.8. The number of rotatable bonds is 7. The Kier molecular flexibility index (Phi) is 5.83. The molecule has 132 valence electrons. The zero-order valence-electron chi connectivity index (χ0n) is 14.1. The summed E-state index contributed by atoms with van der Waals surface area (Å²) in [6.07, 6.45) is 0.277. The molecule has 0 atom stereocenters. The fraction of sp³-hybridized carbons (Fsp3) is 0.0952. The molecule has 1 amide bonds. The van der Waals surface area contributed by atoms with Crippen LogP contribution in [0.4, 0.5) is 15.8 Å². The zero-order chi connectivity index (χ0) is 18.2. The highest BCUT2D eigenvalue weighted by Gasteiger charge is 2.04. The number of carbonyl (C=O) groups excluding carboxylic acids is 1. The average molecular weight is 350 g/mol. The molecular weight excluding hydrogens is 331 g/mol. The molecule has 0 aliphatic carbocycles. The van der Waals surface area contributed by atoms with Gasteiger partial charge in [-0.2, -0.15) is 0 Å². The fourth-order valence-electron chi connectivity index (χ4n) is 2.37. The molecule has 5 heteroatoms. The van der Waals surface area contributed by atoms with E-state index in [0.29, 0.717) is 23.7 Å². The smallest absolute Gasteiger partial charge is 0.226 e. The molecular formula is C21H19FN2O2. The van der Waals surface area contributed by atoms with Crippen molar-refractivity contribution in [2.45, 2.75) is 6.42 Å². The minimum Gasteiger partial charge on any atom is -0.457 e. The summed E-state index contributed by atoms with van der Waals surface area (Å²) in [5.74, 6) is 1.03. The number of anilines is 2. The predicted octanol–water partition coefficient (Wildman–Crippen LogP) is 5.06. The Morgan fingerprint density at radius 3 is 2.31 bits per heavy atom. The first-order chi connectivity index (χ1) is 12.7. The number of ether oxygens (including phenoxy) is 1. The van der Waals surface area contributed by atoms with Crippen molar-refractivity contribution < 1.29 is 13.9 Å². The third kappa shape index (κ3) is 5.34. The lowest BCUT2D eigenvalue weighted by Crippen LogP contribution is -2.16. The van der Waals surface area contributed by atoms with E-state index in [1.54, 1.807) is 36.4 Å². The molecule has 3 aromatic carbocycles. The van der Waals surface area contributed by atoms with Crippen LogP contribution in [0.2, 0.25) is 0 Å². The minimum atomic E-state index is -0.308. The summed E-state index contributed by atoms with van der Waals surface area (Å²) in [4.78, 5) is 12.0. The van der Waals surface area contributed by atoms with Gasteiger partial charge < -0.3 is 15.4 Å². The van der Waals surface area contributed by atoms with Crippen molar-refractivity contribution in [3.8, 4) is 11.5 Å². The number of para-hydroxylation sites is 1. The van der Waals surface area contributed by atoms with E-state index >= 15 is 0 Å². The van der Waals surface area contributed by atoms with Gasteiger partial charge in [-0.15, -0.1) is 0 Å². The highest BCUT2D eigenvalue weighted by atomic mass is 19.1. The minimum absolute atomic E-state index is 0.120. The van der Waals surface area contributed by atoms with Crippen LogP contribution in [0, 0.1) is 5.82 Å². The molecule has 0 aromatic heterocycles. The van der Waals surface area contributed by atoms with Crippen LogP contribution >= 0.6 is 0 Å². The number of hydrogen-bond acceptors (Lipinski definition) is 3. The van der Waals surface area contributed by atoms with Crippen LogP contribution in [-0.2, 0) is 4.79 Å². The standard InChI is InChI=1S/C21H19FN2O2/c22-16-5-4-6-18(15-16)23-14-13-21(25)24-17-9-11-20(12-10-17)26-19-7-2-1-3-8-19/h1-12,15,23H,13-14H2,(H,24,25). The summed E-state index contributed by atoms with van der Waals surface area (Å²) >= 11 is 0. The first-order valence-corrected chi connectivity index (χ1v) is 8.31. The summed E-state index contributed by atoms with van der Waals surface area (Å²) in [5.41, 5.74) is 1.35. The van der Waals surface area contributed by atoms with Crippen molar-refractivity contribution >= 4 is 17.3 Å². The second-order valence-corrected chi connectivity index (χ2v) is 5.67. The van der Waals surface area contributed by atoms with Crippen molar-refractivity contribution in [1.82, 2.24) is 0 Å². The summed E-state index contributed by atoms with van der Waals surface area (Å²) in [5, 5.41) is 5.84. The van der Waals surface area contributed by atoms with E-state index < -0.39 is 0 Å². The van der Waals surface area contributed by atoms with E-state index in [2.05, 4.69) is 10.6 Å². The Morgan fingerprint density at radius 1 is 0.846 bits per heavy atom. The topological polar surface area (TPSA) is 50.4 Å². The number of amides is 1. The van der Waals surface area contributed by atoms with Crippen LogP contribution in [0.1, 0.15) is 6.42 Å². The van der Waals surface area contributed by atoms with E-state index in [1.807, 2.05) is 30.3 Å². The molecule has 4 nitrogen and oxygen atoms in total. The Morgan fingerprint density at radius 2 is 1.58 bits per heavy atom. The molecule has 2 N–H and O–H groups in total. The van der Waals surface area contributed by atoms with Gasteiger partial charge in [0.1, 0.15) is 17.3 Å². The zero-order valence-corrected chi connectivity index (χ0v) is 14.1. The number of halogens is 1. The fourth-order valence-corrected chi connectivity index (χ4v) is 2.37. The Bertz CT molecular complexity index is 851. The van der Waals surface area contributed by atoms with Gasteiger partial charge in [0.15, 0.2) is 0 Å². The molecule has 0 aliphatic rings. The average Bonchev–Trinajstić information content (AvgIpc) is 2.64. The van der Waals surface area contributed by atoms with Gasteiger partial charge in [-0.3, -0.25) is 4.79 Å². The molecule has 0 saturated carbocycles. The van der Waals surface area contributed by atoms with Gasteiger partial charge in [-0.1, -0.05) is 24.3 Å². The second kappa shape index (κ2) is 8.67. The molecule has 0 bridgehead atoms. The predicted molar refractivity (Wildman–Crippen MR) is 101 cm³/mol. The van der Waals surface area contributed by atoms with Gasteiger partial charge >= 0.3 is 0 Å².